The highest BCUT2D eigenvalue weighted by atomic mass is 35.5. The van der Waals surface area contributed by atoms with Crippen LogP contribution in [0.4, 0.5) is 0 Å². The van der Waals surface area contributed by atoms with Gasteiger partial charge in [-0.25, -0.2) is 0 Å². The van der Waals surface area contributed by atoms with E-state index in [0.29, 0.717) is 9.90 Å². The van der Waals surface area contributed by atoms with Gasteiger partial charge in [-0.15, -0.1) is 11.3 Å². The lowest BCUT2D eigenvalue weighted by Gasteiger charge is -2.18. The van der Waals surface area contributed by atoms with Crippen molar-refractivity contribution in [3.63, 3.8) is 0 Å². The van der Waals surface area contributed by atoms with Crippen molar-refractivity contribution in [2.24, 2.45) is 5.92 Å². The van der Waals surface area contributed by atoms with Gasteiger partial charge >= 0.3 is 5.97 Å². The van der Waals surface area contributed by atoms with Crippen molar-refractivity contribution in [3.05, 3.63) is 21.3 Å². The molecule has 1 aromatic rings. The summed E-state index contributed by atoms with van der Waals surface area (Å²) in [5.41, 5.74) is 0. The van der Waals surface area contributed by atoms with E-state index in [1.165, 1.54) is 16.2 Å². The maximum atomic E-state index is 11.8. The standard InChI is InChI=1S/C10H12ClNO3S/c1-6(10(14)15)5-12(2)9(13)8-7(11)3-4-16-8/h3-4,6H,5H2,1-2H3,(H,14,15). The fourth-order valence-corrected chi connectivity index (χ4v) is 2.32. The molecule has 1 atom stereocenters. The maximum Gasteiger partial charge on any atom is 0.308 e. The fourth-order valence-electron chi connectivity index (χ4n) is 1.19. The Morgan fingerprint density at radius 2 is 2.25 bits per heavy atom. The van der Waals surface area contributed by atoms with Crippen molar-refractivity contribution in [2.75, 3.05) is 13.6 Å². The van der Waals surface area contributed by atoms with Crippen LogP contribution < -0.4 is 0 Å². The molecule has 1 amide bonds. The van der Waals surface area contributed by atoms with Crippen molar-refractivity contribution in [1.29, 1.82) is 0 Å². The monoisotopic (exact) mass is 261 g/mol. The van der Waals surface area contributed by atoms with Crippen LogP contribution >= 0.6 is 22.9 Å². The van der Waals surface area contributed by atoms with Crippen LogP contribution in [0.2, 0.25) is 5.02 Å². The van der Waals surface area contributed by atoms with E-state index < -0.39 is 11.9 Å². The first-order valence-corrected chi connectivity index (χ1v) is 5.90. The molecule has 0 bridgehead atoms. The first-order valence-electron chi connectivity index (χ1n) is 4.64. The topological polar surface area (TPSA) is 57.6 Å². The third-order valence-corrected chi connectivity index (χ3v) is 3.46. The van der Waals surface area contributed by atoms with Gasteiger partial charge in [0, 0.05) is 13.6 Å². The summed E-state index contributed by atoms with van der Waals surface area (Å²) < 4.78 is 0. The summed E-state index contributed by atoms with van der Waals surface area (Å²) in [5.74, 6) is -1.75. The average Bonchev–Trinajstić information content (AvgIpc) is 2.62. The van der Waals surface area contributed by atoms with Crippen LogP contribution in [0.25, 0.3) is 0 Å². The van der Waals surface area contributed by atoms with Gasteiger partial charge in [0.05, 0.1) is 10.9 Å². The summed E-state index contributed by atoms with van der Waals surface area (Å²) in [7, 11) is 1.57. The van der Waals surface area contributed by atoms with Crippen LogP contribution in [-0.2, 0) is 4.79 Å². The summed E-state index contributed by atoms with van der Waals surface area (Å²) in [4.78, 5) is 24.3. The number of thiophene rings is 1. The van der Waals surface area contributed by atoms with Crippen molar-refractivity contribution in [1.82, 2.24) is 4.90 Å². The average molecular weight is 262 g/mol. The molecule has 1 rings (SSSR count). The van der Waals surface area contributed by atoms with E-state index >= 15 is 0 Å². The first kappa shape index (κ1) is 13.0. The van der Waals surface area contributed by atoms with Gasteiger partial charge < -0.3 is 10.0 Å². The van der Waals surface area contributed by atoms with Crippen LogP contribution in [0.5, 0.6) is 0 Å². The highest BCUT2D eigenvalue weighted by Gasteiger charge is 2.20. The molecule has 1 N–H and O–H groups in total. The molecule has 0 aromatic carbocycles. The van der Waals surface area contributed by atoms with E-state index in [1.54, 1.807) is 25.4 Å². The lowest BCUT2D eigenvalue weighted by atomic mass is 10.2. The summed E-state index contributed by atoms with van der Waals surface area (Å²) in [6, 6.07) is 1.65. The molecule has 0 radical (unpaired) electrons. The Hall–Kier alpha value is -1.07. The van der Waals surface area contributed by atoms with Gasteiger partial charge in [0.25, 0.3) is 5.91 Å². The summed E-state index contributed by atoms with van der Waals surface area (Å²) >= 11 is 7.08. The van der Waals surface area contributed by atoms with E-state index in [4.69, 9.17) is 16.7 Å². The van der Waals surface area contributed by atoms with E-state index in [-0.39, 0.29) is 12.5 Å². The SMILES string of the molecule is CC(CN(C)C(=O)c1sccc1Cl)C(=O)O. The quantitative estimate of drug-likeness (QED) is 0.904. The van der Waals surface area contributed by atoms with Crippen molar-refractivity contribution < 1.29 is 14.7 Å². The molecule has 4 nitrogen and oxygen atoms in total. The summed E-state index contributed by atoms with van der Waals surface area (Å²) in [6.45, 7) is 1.73. The van der Waals surface area contributed by atoms with Crippen molar-refractivity contribution in [3.8, 4) is 0 Å². The summed E-state index contributed by atoms with van der Waals surface area (Å²) in [5, 5.41) is 10.9. The molecule has 16 heavy (non-hydrogen) atoms. The number of hydrogen-bond acceptors (Lipinski definition) is 3. The Labute approximate surface area is 102 Å². The highest BCUT2D eigenvalue weighted by Crippen LogP contribution is 2.23. The fraction of sp³-hybridized carbons (Fsp3) is 0.400. The lowest BCUT2D eigenvalue weighted by molar-refractivity contribution is -0.141. The van der Waals surface area contributed by atoms with E-state index in [0.717, 1.165) is 0 Å². The largest absolute Gasteiger partial charge is 0.481 e. The lowest BCUT2D eigenvalue weighted by Crippen LogP contribution is -2.33. The Morgan fingerprint density at radius 1 is 1.62 bits per heavy atom. The number of nitrogens with zero attached hydrogens (tertiary/aromatic N) is 1. The molecule has 6 heteroatoms. The maximum absolute atomic E-state index is 11.8. The van der Waals surface area contributed by atoms with Crippen LogP contribution in [0, 0.1) is 5.92 Å². The van der Waals surface area contributed by atoms with E-state index in [2.05, 4.69) is 0 Å². The molecule has 0 saturated heterocycles. The number of hydrogen-bond donors (Lipinski definition) is 1. The van der Waals surface area contributed by atoms with Gasteiger partial charge in [-0.1, -0.05) is 18.5 Å². The molecule has 0 aliphatic heterocycles. The Morgan fingerprint density at radius 3 is 2.69 bits per heavy atom. The minimum absolute atomic E-state index is 0.169. The number of carbonyl (C=O) groups excluding carboxylic acids is 1. The van der Waals surface area contributed by atoms with Crippen LogP contribution in [0.1, 0.15) is 16.6 Å². The molecule has 1 unspecified atom stereocenters. The van der Waals surface area contributed by atoms with Gasteiger partial charge in [0.1, 0.15) is 4.88 Å². The van der Waals surface area contributed by atoms with Gasteiger partial charge in [-0.2, -0.15) is 0 Å². The number of aliphatic carboxylic acids is 1. The molecule has 88 valence electrons. The second kappa shape index (κ2) is 5.32. The zero-order chi connectivity index (χ0) is 12.3. The number of carboxylic acids is 1. The third kappa shape index (κ3) is 2.96. The zero-order valence-corrected chi connectivity index (χ0v) is 10.5. The van der Waals surface area contributed by atoms with Gasteiger partial charge in [0.15, 0.2) is 0 Å². The van der Waals surface area contributed by atoms with Crippen molar-refractivity contribution in [2.45, 2.75) is 6.92 Å². The third-order valence-electron chi connectivity index (χ3n) is 2.13. The number of rotatable bonds is 4. The van der Waals surface area contributed by atoms with Crippen LogP contribution in [0.15, 0.2) is 11.4 Å². The number of carbonyl (C=O) groups is 2. The predicted molar refractivity (Wildman–Crippen MR) is 63.1 cm³/mol. The molecular weight excluding hydrogens is 250 g/mol. The Balaban J connectivity index is 2.69. The molecule has 1 aromatic heterocycles. The van der Waals surface area contributed by atoms with E-state index in [9.17, 15) is 9.59 Å². The normalized spacial score (nSPS) is 12.2. The van der Waals surface area contributed by atoms with Gasteiger partial charge in [-0.05, 0) is 11.4 Å². The zero-order valence-electron chi connectivity index (χ0n) is 8.94. The smallest absolute Gasteiger partial charge is 0.308 e. The van der Waals surface area contributed by atoms with E-state index in [1.807, 2.05) is 0 Å². The minimum Gasteiger partial charge on any atom is -0.481 e. The molecule has 1 heterocycles. The second-order valence-corrected chi connectivity index (χ2v) is 4.85. The molecular formula is C10H12ClNO3S. The predicted octanol–water partition coefficient (Wildman–Crippen LogP) is 2.19. The number of halogens is 1. The first-order chi connectivity index (χ1) is 7.43. The number of carboxylic acid groups (broad SMARTS) is 1. The van der Waals surface area contributed by atoms with Crippen molar-refractivity contribution >= 4 is 34.8 Å². The Kier molecular flexibility index (Phi) is 4.32. The highest BCUT2D eigenvalue weighted by molar-refractivity contribution is 7.12. The van der Waals surface area contributed by atoms with Crippen LogP contribution in [-0.4, -0.2) is 35.5 Å². The number of amides is 1. The van der Waals surface area contributed by atoms with Gasteiger partial charge in [-0.3, -0.25) is 9.59 Å². The second-order valence-electron chi connectivity index (χ2n) is 3.52. The van der Waals surface area contributed by atoms with Crippen LogP contribution in [0.3, 0.4) is 0 Å². The molecule has 0 aliphatic carbocycles. The molecule has 0 fully saturated rings. The molecule has 0 spiro atoms. The minimum atomic E-state index is -0.920. The molecule has 0 aliphatic rings. The van der Waals surface area contributed by atoms with Gasteiger partial charge in [0.2, 0.25) is 0 Å². The molecule has 0 saturated carbocycles. The Bertz CT molecular complexity index is 405. The summed E-state index contributed by atoms with van der Waals surface area (Å²) in [6.07, 6.45) is 0.